The van der Waals surface area contributed by atoms with Crippen molar-refractivity contribution in [2.24, 2.45) is 0 Å². The summed E-state index contributed by atoms with van der Waals surface area (Å²) < 4.78 is 10.5. The molecule has 0 saturated heterocycles. The molecule has 0 amide bonds. The van der Waals surface area contributed by atoms with Crippen molar-refractivity contribution in [2.75, 3.05) is 7.11 Å². The third-order valence-electron chi connectivity index (χ3n) is 1.96. The van der Waals surface area contributed by atoms with Gasteiger partial charge in [0.05, 0.1) is 24.0 Å². The highest BCUT2D eigenvalue weighted by Gasteiger charge is 2.10. The van der Waals surface area contributed by atoms with Crippen LogP contribution in [0.5, 0.6) is 5.75 Å². The van der Waals surface area contributed by atoms with Crippen LogP contribution in [0.1, 0.15) is 0 Å². The van der Waals surface area contributed by atoms with Crippen molar-refractivity contribution >= 4 is 11.6 Å². The Hall–Kier alpha value is -1.41. The highest BCUT2D eigenvalue weighted by Crippen LogP contribution is 2.35. The van der Waals surface area contributed by atoms with Crippen molar-refractivity contribution in [3.8, 4) is 17.1 Å². The summed E-state index contributed by atoms with van der Waals surface area (Å²) in [6, 6.07) is 9.25. The highest BCUT2D eigenvalue weighted by atomic mass is 35.5. The van der Waals surface area contributed by atoms with E-state index in [1.54, 1.807) is 19.4 Å². The maximum Gasteiger partial charge on any atom is 0.148 e. The van der Waals surface area contributed by atoms with Crippen LogP contribution in [0.4, 0.5) is 0 Å². The van der Waals surface area contributed by atoms with Crippen LogP contribution >= 0.6 is 11.6 Å². The average molecular weight is 209 g/mol. The second kappa shape index (κ2) is 3.76. The molecule has 0 aliphatic heterocycles. The van der Waals surface area contributed by atoms with E-state index in [4.69, 9.17) is 20.8 Å². The molecule has 0 aliphatic carbocycles. The lowest BCUT2D eigenvalue weighted by Gasteiger charge is -2.07. The molecule has 0 saturated carbocycles. The molecular formula is C11H9ClO2. The first-order valence-corrected chi connectivity index (χ1v) is 4.57. The first-order valence-electron chi connectivity index (χ1n) is 4.19. The van der Waals surface area contributed by atoms with Crippen molar-refractivity contribution in [1.29, 1.82) is 0 Å². The molecule has 14 heavy (non-hydrogen) atoms. The minimum atomic E-state index is 0.585. The van der Waals surface area contributed by atoms with Gasteiger partial charge in [-0.15, -0.1) is 0 Å². The molecule has 0 atom stereocenters. The smallest absolute Gasteiger partial charge is 0.148 e. The van der Waals surface area contributed by atoms with Crippen LogP contribution in [0, 0.1) is 0 Å². The lowest BCUT2D eigenvalue weighted by Crippen LogP contribution is -1.87. The van der Waals surface area contributed by atoms with Crippen LogP contribution in [0.3, 0.4) is 0 Å². The number of methoxy groups -OCH3 is 1. The molecule has 0 aliphatic rings. The predicted octanol–water partition coefficient (Wildman–Crippen LogP) is 3.61. The van der Waals surface area contributed by atoms with Gasteiger partial charge in [0.2, 0.25) is 0 Å². The number of para-hydroxylation sites is 1. The molecule has 72 valence electrons. The van der Waals surface area contributed by atoms with Gasteiger partial charge in [0, 0.05) is 0 Å². The number of hydrogen-bond donors (Lipinski definition) is 0. The molecule has 0 unspecified atom stereocenters. The summed E-state index contributed by atoms with van der Waals surface area (Å²) in [5.74, 6) is 1.40. The van der Waals surface area contributed by atoms with Crippen molar-refractivity contribution in [1.82, 2.24) is 0 Å². The Morgan fingerprint density at radius 1 is 1.21 bits per heavy atom. The number of ether oxygens (including phenoxy) is 1. The largest absolute Gasteiger partial charge is 0.494 e. The summed E-state index contributed by atoms with van der Waals surface area (Å²) in [5.41, 5.74) is 0.866. The van der Waals surface area contributed by atoms with Crippen LogP contribution in [0.2, 0.25) is 5.02 Å². The molecule has 0 fully saturated rings. The summed E-state index contributed by atoms with van der Waals surface area (Å²) in [4.78, 5) is 0. The number of benzene rings is 1. The maximum absolute atomic E-state index is 5.98. The Labute approximate surface area is 87.1 Å². The van der Waals surface area contributed by atoms with Crippen LogP contribution in [0.25, 0.3) is 11.3 Å². The summed E-state index contributed by atoms with van der Waals surface area (Å²) in [5, 5.41) is 0.585. The van der Waals surface area contributed by atoms with Gasteiger partial charge in [-0.3, -0.25) is 0 Å². The van der Waals surface area contributed by atoms with Gasteiger partial charge in [0.15, 0.2) is 0 Å². The molecule has 1 aromatic carbocycles. The minimum Gasteiger partial charge on any atom is -0.494 e. The third-order valence-corrected chi connectivity index (χ3v) is 2.26. The van der Waals surface area contributed by atoms with Gasteiger partial charge >= 0.3 is 0 Å². The zero-order chi connectivity index (χ0) is 9.97. The van der Waals surface area contributed by atoms with Crippen molar-refractivity contribution in [3.05, 3.63) is 41.6 Å². The lowest BCUT2D eigenvalue weighted by atomic mass is 10.1. The molecule has 0 radical (unpaired) electrons. The molecule has 2 nitrogen and oxygen atoms in total. The minimum absolute atomic E-state index is 0.585. The predicted molar refractivity (Wildman–Crippen MR) is 55.7 cm³/mol. The van der Waals surface area contributed by atoms with Gasteiger partial charge in [-0.1, -0.05) is 17.7 Å². The molecule has 0 spiro atoms. The van der Waals surface area contributed by atoms with Crippen LogP contribution in [0.15, 0.2) is 41.0 Å². The SMILES string of the molecule is COc1c(Cl)cccc1-c1ccco1. The van der Waals surface area contributed by atoms with E-state index in [-0.39, 0.29) is 0 Å². The highest BCUT2D eigenvalue weighted by molar-refractivity contribution is 6.32. The number of halogens is 1. The Morgan fingerprint density at radius 2 is 2.07 bits per heavy atom. The number of furan rings is 1. The molecule has 0 bridgehead atoms. The second-order valence-corrected chi connectivity index (χ2v) is 3.21. The van der Waals surface area contributed by atoms with E-state index in [1.807, 2.05) is 24.3 Å². The molecule has 1 aromatic heterocycles. The van der Waals surface area contributed by atoms with E-state index in [0.29, 0.717) is 10.8 Å². The fourth-order valence-electron chi connectivity index (χ4n) is 1.34. The van der Waals surface area contributed by atoms with Crippen molar-refractivity contribution < 1.29 is 9.15 Å². The zero-order valence-corrected chi connectivity index (χ0v) is 8.41. The van der Waals surface area contributed by atoms with E-state index >= 15 is 0 Å². The van der Waals surface area contributed by atoms with Crippen molar-refractivity contribution in [3.63, 3.8) is 0 Å². The summed E-state index contributed by atoms with van der Waals surface area (Å²) in [6.45, 7) is 0. The quantitative estimate of drug-likeness (QED) is 0.752. The van der Waals surface area contributed by atoms with Gasteiger partial charge < -0.3 is 9.15 Å². The van der Waals surface area contributed by atoms with E-state index < -0.39 is 0 Å². The zero-order valence-electron chi connectivity index (χ0n) is 7.66. The monoisotopic (exact) mass is 208 g/mol. The molecule has 2 aromatic rings. The first kappa shape index (κ1) is 9.16. The summed E-state index contributed by atoms with van der Waals surface area (Å²) in [6.07, 6.45) is 1.62. The third kappa shape index (κ3) is 1.49. The Bertz CT molecular complexity index is 421. The van der Waals surface area contributed by atoms with Crippen LogP contribution in [-0.2, 0) is 0 Å². The topological polar surface area (TPSA) is 22.4 Å². The van der Waals surface area contributed by atoms with E-state index in [2.05, 4.69) is 0 Å². The van der Waals surface area contributed by atoms with E-state index in [1.165, 1.54) is 0 Å². The fraction of sp³-hybridized carbons (Fsp3) is 0.0909. The molecular weight excluding hydrogens is 200 g/mol. The first-order chi connectivity index (χ1) is 6.83. The van der Waals surface area contributed by atoms with E-state index in [9.17, 15) is 0 Å². The Balaban J connectivity index is 2.58. The van der Waals surface area contributed by atoms with E-state index in [0.717, 1.165) is 11.3 Å². The van der Waals surface area contributed by atoms with Crippen LogP contribution < -0.4 is 4.74 Å². The summed E-state index contributed by atoms with van der Waals surface area (Å²) in [7, 11) is 1.59. The average Bonchev–Trinajstić information content (AvgIpc) is 2.70. The van der Waals surface area contributed by atoms with Gasteiger partial charge in [-0.25, -0.2) is 0 Å². The Morgan fingerprint density at radius 3 is 2.71 bits per heavy atom. The normalized spacial score (nSPS) is 10.1. The molecule has 2 rings (SSSR count). The second-order valence-electron chi connectivity index (χ2n) is 2.80. The lowest BCUT2D eigenvalue weighted by molar-refractivity contribution is 0.415. The number of rotatable bonds is 2. The van der Waals surface area contributed by atoms with Gasteiger partial charge in [0.1, 0.15) is 11.5 Å². The molecule has 3 heteroatoms. The van der Waals surface area contributed by atoms with Crippen molar-refractivity contribution in [2.45, 2.75) is 0 Å². The maximum atomic E-state index is 5.98. The standard InChI is InChI=1S/C11H9ClO2/c1-13-11-8(4-2-5-9(11)12)10-6-3-7-14-10/h2-7H,1H3. The summed E-state index contributed by atoms with van der Waals surface area (Å²) >= 11 is 5.98. The molecule has 0 N–H and O–H groups in total. The van der Waals surface area contributed by atoms with Gasteiger partial charge in [-0.05, 0) is 24.3 Å². The number of hydrogen-bond acceptors (Lipinski definition) is 2. The molecule has 1 heterocycles. The van der Waals surface area contributed by atoms with Gasteiger partial charge in [0.25, 0.3) is 0 Å². The van der Waals surface area contributed by atoms with Gasteiger partial charge in [-0.2, -0.15) is 0 Å². The van der Waals surface area contributed by atoms with Crippen LogP contribution in [-0.4, -0.2) is 7.11 Å². The fourth-order valence-corrected chi connectivity index (χ4v) is 1.59. The Kier molecular flexibility index (Phi) is 2.46.